The van der Waals surface area contributed by atoms with E-state index in [1.54, 1.807) is 0 Å². The molecule has 1 N–H and O–H groups in total. The van der Waals surface area contributed by atoms with Gasteiger partial charge in [-0.1, -0.05) is 20.8 Å². The van der Waals surface area contributed by atoms with Crippen LogP contribution in [0.3, 0.4) is 0 Å². The lowest BCUT2D eigenvalue weighted by molar-refractivity contribution is 0.107. The van der Waals surface area contributed by atoms with Gasteiger partial charge in [-0.25, -0.2) is 0 Å². The predicted molar refractivity (Wildman–Crippen MR) is 78.8 cm³/mol. The summed E-state index contributed by atoms with van der Waals surface area (Å²) in [5.41, 5.74) is 0.576. The van der Waals surface area contributed by atoms with Crippen molar-refractivity contribution in [1.29, 1.82) is 0 Å². The Kier molecular flexibility index (Phi) is 4.71. The number of likely N-dealkylation sites (tertiary alicyclic amines) is 1. The van der Waals surface area contributed by atoms with Crippen molar-refractivity contribution in [3.63, 3.8) is 0 Å². The van der Waals surface area contributed by atoms with Gasteiger partial charge in [-0.3, -0.25) is 0 Å². The van der Waals surface area contributed by atoms with Gasteiger partial charge in [0.1, 0.15) is 0 Å². The summed E-state index contributed by atoms with van der Waals surface area (Å²) in [6, 6.07) is 0.866. The van der Waals surface area contributed by atoms with Crippen molar-refractivity contribution in [1.82, 2.24) is 10.2 Å². The maximum Gasteiger partial charge on any atom is 0.0126 e. The highest BCUT2D eigenvalue weighted by Gasteiger charge is 2.40. The average molecular weight is 252 g/mol. The summed E-state index contributed by atoms with van der Waals surface area (Å²) in [6.07, 6.45) is 7.04. The molecular formula is C16H32N2. The zero-order valence-electron chi connectivity index (χ0n) is 12.8. The Labute approximate surface area is 114 Å². The van der Waals surface area contributed by atoms with Crippen LogP contribution in [0.4, 0.5) is 0 Å². The van der Waals surface area contributed by atoms with Crippen LogP contribution in [0.25, 0.3) is 0 Å². The molecule has 0 radical (unpaired) electrons. The number of nitrogens with zero attached hydrogens (tertiary/aromatic N) is 1. The van der Waals surface area contributed by atoms with Crippen LogP contribution in [0.5, 0.6) is 0 Å². The third-order valence-electron chi connectivity index (χ3n) is 5.21. The molecule has 1 heterocycles. The molecule has 2 aliphatic rings. The number of piperidine rings is 1. The predicted octanol–water partition coefficient (Wildman–Crippen LogP) is 3.13. The van der Waals surface area contributed by atoms with E-state index in [9.17, 15) is 0 Å². The van der Waals surface area contributed by atoms with E-state index in [0.717, 1.165) is 17.9 Å². The molecule has 2 nitrogen and oxygen atoms in total. The minimum atomic E-state index is 0.576. The summed E-state index contributed by atoms with van der Waals surface area (Å²) in [5.74, 6) is 1.87. The maximum atomic E-state index is 3.29. The standard InChI is InChI=1S/C16H32N2/c1-13-11-16(2,3)12-15(13)18-9-6-14(7-10-18)5-8-17-4/h13-15,17H,5-12H2,1-4H3. The molecule has 1 aliphatic heterocycles. The Bertz CT molecular complexity index is 254. The zero-order chi connectivity index (χ0) is 13.2. The Morgan fingerprint density at radius 2 is 1.83 bits per heavy atom. The number of rotatable bonds is 4. The van der Waals surface area contributed by atoms with Gasteiger partial charge in [0.2, 0.25) is 0 Å². The van der Waals surface area contributed by atoms with Crippen molar-refractivity contribution in [2.45, 2.75) is 58.9 Å². The van der Waals surface area contributed by atoms with Gasteiger partial charge in [-0.2, -0.15) is 0 Å². The van der Waals surface area contributed by atoms with E-state index < -0.39 is 0 Å². The van der Waals surface area contributed by atoms with Crippen molar-refractivity contribution in [3.8, 4) is 0 Å². The molecular weight excluding hydrogens is 220 g/mol. The van der Waals surface area contributed by atoms with Crippen LogP contribution in [-0.4, -0.2) is 37.6 Å². The van der Waals surface area contributed by atoms with E-state index in [4.69, 9.17) is 0 Å². The van der Waals surface area contributed by atoms with Crippen LogP contribution in [0.1, 0.15) is 52.9 Å². The molecule has 2 heteroatoms. The SMILES string of the molecule is CNCCC1CCN(C2CC(C)(C)CC2C)CC1. The summed E-state index contributed by atoms with van der Waals surface area (Å²) < 4.78 is 0. The van der Waals surface area contributed by atoms with Crippen LogP contribution < -0.4 is 5.32 Å². The van der Waals surface area contributed by atoms with E-state index in [0.29, 0.717) is 5.41 Å². The smallest absolute Gasteiger partial charge is 0.0126 e. The molecule has 2 fully saturated rings. The van der Waals surface area contributed by atoms with Crippen LogP contribution in [0.15, 0.2) is 0 Å². The summed E-state index contributed by atoms with van der Waals surface area (Å²) in [6.45, 7) is 11.2. The summed E-state index contributed by atoms with van der Waals surface area (Å²) in [5, 5.41) is 3.29. The molecule has 0 aromatic heterocycles. The van der Waals surface area contributed by atoms with Gasteiger partial charge in [0.05, 0.1) is 0 Å². The fourth-order valence-electron chi connectivity index (χ4n) is 4.27. The van der Waals surface area contributed by atoms with Crippen LogP contribution in [-0.2, 0) is 0 Å². The Morgan fingerprint density at radius 1 is 1.17 bits per heavy atom. The Hall–Kier alpha value is -0.0800. The summed E-state index contributed by atoms with van der Waals surface area (Å²) in [7, 11) is 2.07. The average Bonchev–Trinajstić information content (AvgIpc) is 2.61. The first-order valence-electron chi connectivity index (χ1n) is 7.90. The van der Waals surface area contributed by atoms with E-state index in [2.05, 4.69) is 38.0 Å². The van der Waals surface area contributed by atoms with Crippen LogP contribution in [0.2, 0.25) is 0 Å². The maximum absolute atomic E-state index is 3.29. The first-order chi connectivity index (χ1) is 8.52. The topological polar surface area (TPSA) is 15.3 Å². The molecule has 2 unspecified atom stereocenters. The van der Waals surface area contributed by atoms with Crippen molar-refractivity contribution in [3.05, 3.63) is 0 Å². The van der Waals surface area contributed by atoms with Gasteiger partial charge in [0, 0.05) is 6.04 Å². The second-order valence-electron chi connectivity index (χ2n) is 7.49. The molecule has 0 aromatic carbocycles. The molecule has 0 bridgehead atoms. The second kappa shape index (κ2) is 5.92. The molecule has 106 valence electrons. The fourth-order valence-corrected chi connectivity index (χ4v) is 4.27. The lowest BCUT2D eigenvalue weighted by Gasteiger charge is -2.38. The highest BCUT2D eigenvalue weighted by molar-refractivity contribution is 4.93. The quantitative estimate of drug-likeness (QED) is 0.827. The molecule has 0 spiro atoms. The van der Waals surface area contributed by atoms with E-state index in [1.165, 1.54) is 51.7 Å². The van der Waals surface area contributed by atoms with Gasteiger partial charge in [-0.15, -0.1) is 0 Å². The third-order valence-corrected chi connectivity index (χ3v) is 5.21. The largest absolute Gasteiger partial charge is 0.320 e. The molecule has 0 aromatic rings. The second-order valence-corrected chi connectivity index (χ2v) is 7.49. The van der Waals surface area contributed by atoms with Crippen molar-refractivity contribution in [2.24, 2.45) is 17.3 Å². The molecule has 1 aliphatic carbocycles. The molecule has 1 saturated carbocycles. The number of hydrogen-bond donors (Lipinski definition) is 1. The lowest BCUT2D eigenvalue weighted by atomic mass is 9.90. The van der Waals surface area contributed by atoms with Crippen LogP contribution in [0, 0.1) is 17.3 Å². The van der Waals surface area contributed by atoms with Gasteiger partial charge >= 0.3 is 0 Å². The zero-order valence-corrected chi connectivity index (χ0v) is 12.8. The fraction of sp³-hybridized carbons (Fsp3) is 1.00. The Balaban J connectivity index is 1.79. The monoisotopic (exact) mass is 252 g/mol. The van der Waals surface area contributed by atoms with Gasteiger partial charge in [0.25, 0.3) is 0 Å². The first-order valence-corrected chi connectivity index (χ1v) is 7.90. The lowest BCUT2D eigenvalue weighted by Crippen LogP contribution is -2.43. The summed E-state index contributed by atoms with van der Waals surface area (Å²) >= 11 is 0. The minimum Gasteiger partial charge on any atom is -0.320 e. The first kappa shape index (κ1) is 14.3. The van der Waals surface area contributed by atoms with E-state index in [1.807, 2.05) is 0 Å². The molecule has 2 rings (SSSR count). The van der Waals surface area contributed by atoms with Crippen LogP contribution >= 0.6 is 0 Å². The van der Waals surface area contributed by atoms with E-state index in [-0.39, 0.29) is 0 Å². The van der Waals surface area contributed by atoms with E-state index >= 15 is 0 Å². The number of hydrogen-bond acceptors (Lipinski definition) is 2. The molecule has 18 heavy (non-hydrogen) atoms. The van der Waals surface area contributed by atoms with Crippen molar-refractivity contribution >= 4 is 0 Å². The van der Waals surface area contributed by atoms with Gasteiger partial charge in [0.15, 0.2) is 0 Å². The molecule has 2 atom stereocenters. The summed E-state index contributed by atoms with van der Waals surface area (Å²) in [4.78, 5) is 2.80. The number of nitrogens with one attached hydrogen (secondary N) is 1. The highest BCUT2D eigenvalue weighted by Crippen LogP contribution is 2.44. The van der Waals surface area contributed by atoms with Crippen molar-refractivity contribution in [2.75, 3.05) is 26.7 Å². The Morgan fingerprint density at radius 3 is 2.33 bits per heavy atom. The van der Waals surface area contributed by atoms with Crippen molar-refractivity contribution < 1.29 is 0 Å². The third kappa shape index (κ3) is 3.48. The normalized spacial score (nSPS) is 34.0. The molecule has 0 amide bonds. The minimum absolute atomic E-state index is 0.576. The van der Waals surface area contributed by atoms with Gasteiger partial charge < -0.3 is 10.2 Å². The highest BCUT2D eigenvalue weighted by atomic mass is 15.2. The van der Waals surface area contributed by atoms with Gasteiger partial charge in [-0.05, 0) is 76.0 Å². The molecule has 1 saturated heterocycles.